The van der Waals surface area contributed by atoms with Crippen LogP contribution >= 0.6 is 0 Å². The molecule has 1 aromatic rings. The zero-order valence-electron chi connectivity index (χ0n) is 14.3. The van der Waals surface area contributed by atoms with E-state index in [1.54, 1.807) is 0 Å². The molecular weight excluding hydrogens is 306 g/mol. The molecule has 6 heteroatoms. The molecule has 0 saturated carbocycles. The minimum Gasteiger partial charge on any atom is -0.390 e. The number of ether oxygens (including phenoxy) is 1. The summed E-state index contributed by atoms with van der Waals surface area (Å²) in [5, 5.41) is 13.1. The Hall–Kier alpha value is -1.63. The molecule has 2 N–H and O–H groups in total. The number of amides is 1. The first-order chi connectivity index (χ1) is 11.7. The number of hydrogen-bond donors (Lipinski definition) is 2. The summed E-state index contributed by atoms with van der Waals surface area (Å²) in [5.41, 5.74) is 2.59. The minimum atomic E-state index is -0.537. The predicted octanol–water partition coefficient (Wildman–Crippen LogP) is 0.595. The molecule has 0 bridgehead atoms. The first-order valence-corrected chi connectivity index (χ1v) is 8.69. The Balaban J connectivity index is 1.62. The minimum absolute atomic E-state index is 0.0288. The first kappa shape index (κ1) is 17.2. The van der Waals surface area contributed by atoms with Crippen LogP contribution in [-0.4, -0.2) is 68.0 Å². The standard InChI is InChI=1S/C18H27N3O3/c1-24-13-18(23)19-15-11-20(12-17(15)22)10-14-6-2-3-7-16(14)21-8-4-5-9-21/h2-3,6-7,15,17,22H,4-5,8-13H2,1H3,(H,19,23)/t15-,17-/m1/s1. The zero-order chi connectivity index (χ0) is 16.9. The lowest BCUT2D eigenvalue weighted by Gasteiger charge is -2.24. The molecule has 2 aliphatic rings. The molecule has 1 aromatic carbocycles. The third-order valence-electron chi connectivity index (χ3n) is 4.82. The number of aliphatic hydroxyl groups is 1. The topological polar surface area (TPSA) is 65.0 Å². The maximum Gasteiger partial charge on any atom is 0.246 e. The average molecular weight is 333 g/mol. The fraction of sp³-hybridized carbons (Fsp3) is 0.611. The number of benzene rings is 1. The molecule has 2 saturated heterocycles. The Morgan fingerprint density at radius 3 is 2.79 bits per heavy atom. The van der Waals surface area contributed by atoms with Crippen molar-refractivity contribution in [3.8, 4) is 0 Å². The van der Waals surface area contributed by atoms with Gasteiger partial charge in [-0.1, -0.05) is 18.2 Å². The summed E-state index contributed by atoms with van der Waals surface area (Å²) in [6.45, 7) is 4.29. The van der Waals surface area contributed by atoms with Gasteiger partial charge in [0.1, 0.15) is 6.61 Å². The number of anilines is 1. The van der Waals surface area contributed by atoms with E-state index < -0.39 is 6.10 Å². The van der Waals surface area contributed by atoms with Crippen molar-refractivity contribution in [1.82, 2.24) is 10.2 Å². The van der Waals surface area contributed by atoms with Gasteiger partial charge < -0.3 is 20.1 Å². The Morgan fingerprint density at radius 1 is 1.29 bits per heavy atom. The number of para-hydroxylation sites is 1. The molecule has 2 atom stereocenters. The van der Waals surface area contributed by atoms with E-state index in [9.17, 15) is 9.90 Å². The highest BCUT2D eigenvalue weighted by atomic mass is 16.5. The van der Waals surface area contributed by atoms with E-state index in [4.69, 9.17) is 4.74 Å². The molecule has 0 aromatic heterocycles. The van der Waals surface area contributed by atoms with Crippen molar-refractivity contribution < 1.29 is 14.6 Å². The van der Waals surface area contributed by atoms with Crippen molar-refractivity contribution >= 4 is 11.6 Å². The van der Waals surface area contributed by atoms with Crippen molar-refractivity contribution in [2.24, 2.45) is 0 Å². The van der Waals surface area contributed by atoms with Crippen LogP contribution in [0.15, 0.2) is 24.3 Å². The van der Waals surface area contributed by atoms with Gasteiger partial charge in [-0.3, -0.25) is 9.69 Å². The molecule has 132 valence electrons. The number of nitrogens with one attached hydrogen (secondary N) is 1. The van der Waals surface area contributed by atoms with Gasteiger partial charge in [0.2, 0.25) is 5.91 Å². The van der Waals surface area contributed by atoms with Gasteiger partial charge >= 0.3 is 0 Å². The second kappa shape index (κ2) is 7.96. The highest BCUT2D eigenvalue weighted by Gasteiger charge is 2.32. The van der Waals surface area contributed by atoms with E-state index in [0.717, 1.165) is 19.6 Å². The second-order valence-electron chi connectivity index (χ2n) is 6.69. The zero-order valence-corrected chi connectivity index (χ0v) is 14.3. The highest BCUT2D eigenvalue weighted by Crippen LogP contribution is 2.26. The van der Waals surface area contributed by atoms with Crippen LogP contribution in [0, 0.1) is 0 Å². The van der Waals surface area contributed by atoms with Gasteiger partial charge in [-0.05, 0) is 24.5 Å². The van der Waals surface area contributed by atoms with Crippen LogP contribution in [0.3, 0.4) is 0 Å². The number of β-amino-alcohol motifs (C(OH)–C–C–N with tert-alkyl or cyclic N) is 1. The van der Waals surface area contributed by atoms with E-state index in [2.05, 4.69) is 39.4 Å². The van der Waals surface area contributed by atoms with E-state index in [1.807, 2.05) is 0 Å². The molecule has 2 fully saturated rings. The summed E-state index contributed by atoms with van der Waals surface area (Å²) in [4.78, 5) is 16.3. The fourth-order valence-corrected chi connectivity index (χ4v) is 3.67. The molecule has 3 rings (SSSR count). The number of aliphatic hydroxyl groups excluding tert-OH is 1. The van der Waals surface area contributed by atoms with Gasteiger partial charge in [0.25, 0.3) is 0 Å². The molecular formula is C18H27N3O3. The first-order valence-electron chi connectivity index (χ1n) is 8.69. The Labute approximate surface area is 143 Å². The molecule has 2 aliphatic heterocycles. The van der Waals surface area contributed by atoms with Gasteiger partial charge in [-0.15, -0.1) is 0 Å². The van der Waals surface area contributed by atoms with Crippen LogP contribution in [0.25, 0.3) is 0 Å². The van der Waals surface area contributed by atoms with E-state index >= 15 is 0 Å². The van der Waals surface area contributed by atoms with E-state index in [0.29, 0.717) is 13.1 Å². The number of hydrogen-bond acceptors (Lipinski definition) is 5. The summed E-state index contributed by atoms with van der Waals surface area (Å²) < 4.78 is 4.83. The predicted molar refractivity (Wildman–Crippen MR) is 93.0 cm³/mol. The van der Waals surface area contributed by atoms with Crippen LogP contribution in [-0.2, 0) is 16.1 Å². The van der Waals surface area contributed by atoms with Crippen LogP contribution in [0.5, 0.6) is 0 Å². The van der Waals surface area contributed by atoms with Crippen LogP contribution < -0.4 is 10.2 Å². The van der Waals surface area contributed by atoms with Gasteiger partial charge in [-0.25, -0.2) is 0 Å². The SMILES string of the molecule is COCC(=O)N[C@@H]1CN(Cc2ccccc2N2CCCC2)C[C@H]1O. The number of carbonyl (C=O) groups is 1. The maximum absolute atomic E-state index is 11.7. The van der Waals surface area contributed by atoms with Crippen molar-refractivity contribution in [3.05, 3.63) is 29.8 Å². The summed E-state index contributed by atoms with van der Waals surface area (Å²) in [6, 6.07) is 8.27. The van der Waals surface area contributed by atoms with E-state index in [1.165, 1.54) is 31.2 Å². The lowest BCUT2D eigenvalue weighted by atomic mass is 10.1. The van der Waals surface area contributed by atoms with Crippen molar-refractivity contribution in [2.75, 3.05) is 44.8 Å². The lowest BCUT2D eigenvalue weighted by molar-refractivity contribution is -0.125. The van der Waals surface area contributed by atoms with E-state index in [-0.39, 0.29) is 18.6 Å². The summed E-state index contributed by atoms with van der Waals surface area (Å²) >= 11 is 0. The number of methoxy groups -OCH3 is 1. The van der Waals surface area contributed by atoms with Crippen LogP contribution in [0.4, 0.5) is 5.69 Å². The van der Waals surface area contributed by atoms with Crippen molar-refractivity contribution in [1.29, 1.82) is 0 Å². The van der Waals surface area contributed by atoms with Gasteiger partial charge in [0, 0.05) is 45.5 Å². The molecule has 0 unspecified atom stereocenters. The molecule has 24 heavy (non-hydrogen) atoms. The Bertz CT molecular complexity index is 560. The fourth-order valence-electron chi connectivity index (χ4n) is 3.67. The highest BCUT2D eigenvalue weighted by molar-refractivity contribution is 5.77. The van der Waals surface area contributed by atoms with Crippen LogP contribution in [0.2, 0.25) is 0 Å². The molecule has 0 radical (unpaired) electrons. The number of nitrogens with zero attached hydrogens (tertiary/aromatic N) is 2. The van der Waals surface area contributed by atoms with Gasteiger partial charge in [0.15, 0.2) is 0 Å². The van der Waals surface area contributed by atoms with Crippen molar-refractivity contribution in [2.45, 2.75) is 31.5 Å². The smallest absolute Gasteiger partial charge is 0.246 e. The molecule has 6 nitrogen and oxygen atoms in total. The normalized spacial score (nSPS) is 24.5. The number of likely N-dealkylation sites (tertiary alicyclic amines) is 1. The van der Waals surface area contributed by atoms with Crippen molar-refractivity contribution in [3.63, 3.8) is 0 Å². The monoisotopic (exact) mass is 333 g/mol. The maximum atomic E-state index is 11.7. The molecule has 2 heterocycles. The summed E-state index contributed by atoms with van der Waals surface area (Å²) in [6.07, 6.45) is 1.97. The third-order valence-corrected chi connectivity index (χ3v) is 4.82. The molecule has 1 amide bonds. The summed E-state index contributed by atoms with van der Waals surface area (Å²) in [5.74, 6) is -0.180. The van der Waals surface area contributed by atoms with Crippen LogP contribution in [0.1, 0.15) is 18.4 Å². The molecule has 0 spiro atoms. The Morgan fingerprint density at radius 2 is 2.04 bits per heavy atom. The average Bonchev–Trinajstić information content (AvgIpc) is 3.19. The lowest BCUT2D eigenvalue weighted by Crippen LogP contribution is -2.44. The Kier molecular flexibility index (Phi) is 5.71. The molecule has 0 aliphatic carbocycles. The van der Waals surface area contributed by atoms with Gasteiger partial charge in [0.05, 0.1) is 12.1 Å². The second-order valence-corrected chi connectivity index (χ2v) is 6.69. The number of rotatable bonds is 6. The quantitative estimate of drug-likeness (QED) is 0.798. The van der Waals surface area contributed by atoms with Gasteiger partial charge in [-0.2, -0.15) is 0 Å². The third kappa shape index (κ3) is 4.06. The largest absolute Gasteiger partial charge is 0.390 e. The summed E-state index contributed by atoms with van der Waals surface area (Å²) in [7, 11) is 1.49. The number of carbonyl (C=O) groups excluding carboxylic acids is 1.